The molecule has 3 nitrogen and oxygen atoms in total. The van der Waals surface area contributed by atoms with Crippen molar-refractivity contribution in [2.24, 2.45) is 7.05 Å². The molecule has 0 aliphatic carbocycles. The maximum atomic E-state index is 14.7. The van der Waals surface area contributed by atoms with E-state index >= 15 is 0 Å². The van der Waals surface area contributed by atoms with Crippen LogP contribution in [0.4, 0.5) is 4.39 Å². The van der Waals surface area contributed by atoms with Crippen LogP contribution in [0.5, 0.6) is 0 Å². The Balaban J connectivity index is 1.74. The van der Waals surface area contributed by atoms with E-state index in [2.05, 4.69) is 10.4 Å². The second-order valence-corrected chi connectivity index (χ2v) is 5.40. The molecule has 2 aliphatic rings. The van der Waals surface area contributed by atoms with E-state index in [-0.39, 0.29) is 0 Å². The summed E-state index contributed by atoms with van der Waals surface area (Å²) in [6.45, 7) is 0. The molecule has 88 valence electrons. The predicted octanol–water partition coefficient (Wildman–Crippen LogP) is 1.59. The van der Waals surface area contributed by atoms with Crippen LogP contribution in [-0.4, -0.2) is 27.5 Å². The van der Waals surface area contributed by atoms with Gasteiger partial charge in [-0.05, 0) is 31.2 Å². The summed E-state index contributed by atoms with van der Waals surface area (Å²) in [7, 11) is 1.88. The largest absolute Gasteiger partial charge is 0.311 e. The molecular formula is C12H18FN3. The van der Waals surface area contributed by atoms with Crippen molar-refractivity contribution in [3.63, 3.8) is 0 Å². The number of nitrogens with one attached hydrogen (secondary N) is 1. The van der Waals surface area contributed by atoms with E-state index in [1.54, 1.807) is 10.9 Å². The van der Waals surface area contributed by atoms with Crippen molar-refractivity contribution in [3.8, 4) is 0 Å². The van der Waals surface area contributed by atoms with Crippen molar-refractivity contribution in [2.75, 3.05) is 0 Å². The van der Waals surface area contributed by atoms with Crippen molar-refractivity contribution < 1.29 is 4.39 Å². The quantitative estimate of drug-likeness (QED) is 0.825. The summed E-state index contributed by atoms with van der Waals surface area (Å²) in [4.78, 5) is 0. The van der Waals surface area contributed by atoms with E-state index in [0.717, 1.165) is 18.4 Å². The number of aryl methyl sites for hydroxylation is 1. The zero-order valence-electron chi connectivity index (χ0n) is 9.62. The van der Waals surface area contributed by atoms with Crippen LogP contribution in [0.2, 0.25) is 0 Å². The summed E-state index contributed by atoms with van der Waals surface area (Å²) in [5.41, 5.74) is 0.00595. The molecule has 0 aromatic carbocycles. The maximum absolute atomic E-state index is 14.7. The van der Waals surface area contributed by atoms with Gasteiger partial charge >= 0.3 is 0 Å². The standard InChI is InChI=1S/C12H18FN3/c1-16-8-9(7-14-16)4-12(13)5-10-2-3-11(6-12)15-10/h7-8,10-11,15H,2-6H2,1H3. The summed E-state index contributed by atoms with van der Waals surface area (Å²) >= 11 is 0. The molecule has 3 rings (SSSR count). The molecule has 16 heavy (non-hydrogen) atoms. The lowest BCUT2D eigenvalue weighted by atomic mass is 9.85. The van der Waals surface area contributed by atoms with Gasteiger partial charge in [-0.1, -0.05) is 0 Å². The lowest BCUT2D eigenvalue weighted by Crippen LogP contribution is -2.47. The van der Waals surface area contributed by atoms with Gasteiger partial charge in [0.2, 0.25) is 0 Å². The third-order valence-corrected chi connectivity index (χ3v) is 3.84. The molecular weight excluding hydrogens is 205 g/mol. The van der Waals surface area contributed by atoms with E-state index < -0.39 is 5.67 Å². The Morgan fingerprint density at radius 1 is 1.50 bits per heavy atom. The first-order chi connectivity index (χ1) is 7.63. The van der Waals surface area contributed by atoms with Crippen molar-refractivity contribution in [2.45, 2.75) is 49.9 Å². The van der Waals surface area contributed by atoms with Crippen molar-refractivity contribution >= 4 is 0 Å². The fraction of sp³-hybridized carbons (Fsp3) is 0.750. The molecule has 0 spiro atoms. The van der Waals surface area contributed by atoms with E-state index in [1.165, 1.54) is 0 Å². The number of halogens is 1. The Morgan fingerprint density at radius 3 is 2.75 bits per heavy atom. The molecule has 0 saturated carbocycles. The van der Waals surface area contributed by atoms with Crippen LogP contribution in [0.3, 0.4) is 0 Å². The Kier molecular flexibility index (Phi) is 2.28. The van der Waals surface area contributed by atoms with Crippen LogP contribution in [0, 0.1) is 0 Å². The van der Waals surface area contributed by atoms with Crippen molar-refractivity contribution in [1.82, 2.24) is 15.1 Å². The molecule has 2 unspecified atom stereocenters. The first-order valence-corrected chi connectivity index (χ1v) is 6.05. The van der Waals surface area contributed by atoms with Crippen molar-refractivity contribution in [3.05, 3.63) is 18.0 Å². The lowest BCUT2D eigenvalue weighted by Gasteiger charge is -2.34. The Bertz CT molecular complexity index is 375. The SMILES string of the molecule is Cn1cc(CC2(F)CC3CCC(C2)N3)cn1. The fourth-order valence-corrected chi connectivity index (χ4v) is 3.26. The van der Waals surface area contributed by atoms with E-state index in [9.17, 15) is 4.39 Å². The topological polar surface area (TPSA) is 29.9 Å². The van der Waals surface area contributed by atoms with Gasteiger partial charge < -0.3 is 5.32 Å². The third kappa shape index (κ3) is 1.86. The monoisotopic (exact) mass is 223 g/mol. The van der Waals surface area contributed by atoms with Crippen LogP contribution in [-0.2, 0) is 13.5 Å². The molecule has 2 atom stereocenters. The summed E-state index contributed by atoms with van der Waals surface area (Å²) in [5, 5.41) is 7.58. The van der Waals surface area contributed by atoms with Gasteiger partial charge in [-0.3, -0.25) is 4.68 Å². The predicted molar refractivity (Wildman–Crippen MR) is 59.9 cm³/mol. The number of alkyl halides is 1. The van der Waals surface area contributed by atoms with Gasteiger partial charge in [0.25, 0.3) is 0 Å². The summed E-state index contributed by atoms with van der Waals surface area (Å²) in [6, 6.07) is 0.806. The molecule has 1 N–H and O–H groups in total. The molecule has 2 bridgehead atoms. The van der Waals surface area contributed by atoms with Gasteiger partial charge in [0, 0.05) is 31.7 Å². The van der Waals surface area contributed by atoms with Crippen LogP contribution in [0.1, 0.15) is 31.2 Å². The normalized spacial score (nSPS) is 37.9. The highest BCUT2D eigenvalue weighted by molar-refractivity contribution is 5.12. The van der Waals surface area contributed by atoms with Crippen LogP contribution >= 0.6 is 0 Å². The molecule has 1 aromatic rings. The minimum atomic E-state index is -1.01. The second kappa shape index (κ2) is 3.55. The highest BCUT2D eigenvalue weighted by Crippen LogP contribution is 2.38. The third-order valence-electron chi connectivity index (χ3n) is 3.84. The number of piperidine rings is 1. The number of hydrogen-bond acceptors (Lipinski definition) is 2. The number of nitrogens with zero attached hydrogens (tertiary/aromatic N) is 2. The van der Waals surface area contributed by atoms with Crippen molar-refractivity contribution in [1.29, 1.82) is 0 Å². The molecule has 2 aliphatic heterocycles. The molecule has 4 heteroatoms. The second-order valence-electron chi connectivity index (χ2n) is 5.40. The lowest BCUT2D eigenvalue weighted by molar-refractivity contribution is 0.0893. The average Bonchev–Trinajstić information content (AvgIpc) is 2.73. The highest BCUT2D eigenvalue weighted by atomic mass is 19.1. The van der Waals surface area contributed by atoms with Gasteiger partial charge in [-0.25, -0.2) is 4.39 Å². The number of fused-ring (bicyclic) bond motifs is 2. The summed E-state index contributed by atoms with van der Waals surface area (Å²) in [5.74, 6) is 0. The molecule has 2 fully saturated rings. The summed E-state index contributed by atoms with van der Waals surface area (Å²) in [6.07, 6.45) is 7.84. The highest BCUT2D eigenvalue weighted by Gasteiger charge is 2.44. The first-order valence-electron chi connectivity index (χ1n) is 6.05. The Hall–Kier alpha value is -0.900. The Morgan fingerprint density at radius 2 is 2.19 bits per heavy atom. The minimum absolute atomic E-state index is 0.403. The smallest absolute Gasteiger partial charge is 0.118 e. The number of rotatable bonds is 2. The van der Waals surface area contributed by atoms with Crippen LogP contribution < -0.4 is 5.32 Å². The molecule has 3 heterocycles. The molecule has 2 saturated heterocycles. The molecule has 0 amide bonds. The first kappa shape index (κ1) is 10.3. The van der Waals surface area contributed by atoms with Gasteiger partial charge in [-0.2, -0.15) is 5.10 Å². The minimum Gasteiger partial charge on any atom is -0.311 e. The zero-order chi connectivity index (χ0) is 11.2. The van der Waals surface area contributed by atoms with E-state index in [4.69, 9.17) is 0 Å². The number of hydrogen-bond donors (Lipinski definition) is 1. The maximum Gasteiger partial charge on any atom is 0.118 e. The van der Waals surface area contributed by atoms with E-state index in [0.29, 0.717) is 31.3 Å². The zero-order valence-corrected chi connectivity index (χ0v) is 9.62. The van der Waals surface area contributed by atoms with Gasteiger partial charge in [0.1, 0.15) is 5.67 Å². The van der Waals surface area contributed by atoms with Gasteiger partial charge in [0.15, 0.2) is 0 Å². The van der Waals surface area contributed by atoms with E-state index in [1.807, 2.05) is 13.2 Å². The van der Waals surface area contributed by atoms with Crippen LogP contribution in [0.15, 0.2) is 12.4 Å². The Labute approximate surface area is 95.0 Å². The van der Waals surface area contributed by atoms with Gasteiger partial charge in [0.05, 0.1) is 6.20 Å². The number of aromatic nitrogens is 2. The average molecular weight is 223 g/mol. The fourth-order valence-electron chi connectivity index (χ4n) is 3.26. The summed E-state index contributed by atoms with van der Waals surface area (Å²) < 4.78 is 16.5. The van der Waals surface area contributed by atoms with Gasteiger partial charge in [-0.15, -0.1) is 0 Å². The molecule has 1 aromatic heterocycles. The molecule has 0 radical (unpaired) electrons. The van der Waals surface area contributed by atoms with Crippen LogP contribution in [0.25, 0.3) is 0 Å².